The van der Waals surface area contributed by atoms with E-state index in [0.717, 1.165) is 5.56 Å². The van der Waals surface area contributed by atoms with Gasteiger partial charge in [0.05, 0.1) is 0 Å². The van der Waals surface area contributed by atoms with Crippen molar-refractivity contribution in [2.75, 3.05) is 12.7 Å². The van der Waals surface area contributed by atoms with Crippen LogP contribution >= 0.6 is 7.37 Å². The van der Waals surface area contributed by atoms with E-state index in [-0.39, 0.29) is 6.42 Å². The first-order valence-electron chi connectivity index (χ1n) is 12.2. The number of esters is 1. The highest BCUT2D eigenvalue weighted by molar-refractivity contribution is 7.59. The van der Waals surface area contributed by atoms with Gasteiger partial charge in [-0.05, 0) is 64.2 Å². The summed E-state index contributed by atoms with van der Waals surface area (Å²) in [7, 11) is -4.20. The van der Waals surface area contributed by atoms with Crippen molar-refractivity contribution in [1.82, 2.24) is 10.2 Å². The monoisotopic (exact) mass is 514 g/mol. The Bertz CT molecular complexity index is 1100. The third-order valence-electron chi connectivity index (χ3n) is 5.98. The molecule has 0 saturated carbocycles. The first-order chi connectivity index (χ1) is 17.0. The molecular weight excluding hydrogens is 479 g/mol. The molecule has 194 valence electrons. The lowest BCUT2D eigenvalue weighted by atomic mass is 10.1. The minimum absolute atomic E-state index is 0.180. The molecule has 1 saturated heterocycles. The summed E-state index contributed by atoms with van der Waals surface area (Å²) in [6.07, 6.45) is 1.01. The lowest BCUT2D eigenvalue weighted by Crippen LogP contribution is -2.45. The number of carbonyl (C=O) groups is 3. The Labute approximate surface area is 212 Å². The smallest absolute Gasteiger partial charge is 0.329 e. The number of aryl methyl sites for hydroxylation is 1. The van der Waals surface area contributed by atoms with Crippen molar-refractivity contribution in [1.29, 1.82) is 0 Å². The van der Waals surface area contributed by atoms with Crippen LogP contribution in [0.2, 0.25) is 0 Å². The molecule has 0 aromatic heterocycles. The van der Waals surface area contributed by atoms with E-state index in [1.165, 1.54) is 4.90 Å². The number of rotatable bonds is 9. The van der Waals surface area contributed by atoms with Crippen LogP contribution in [0.5, 0.6) is 0 Å². The molecule has 0 aliphatic carbocycles. The van der Waals surface area contributed by atoms with Gasteiger partial charge in [-0.1, -0.05) is 48.5 Å². The van der Waals surface area contributed by atoms with Gasteiger partial charge in [0, 0.05) is 12.1 Å². The zero-order valence-corrected chi connectivity index (χ0v) is 21.9. The second-order valence-electron chi connectivity index (χ2n) is 10.1. The maximum atomic E-state index is 13.6. The molecule has 0 bridgehead atoms. The Morgan fingerprint density at radius 2 is 1.69 bits per heavy atom. The van der Waals surface area contributed by atoms with E-state index in [0.29, 0.717) is 31.4 Å². The summed E-state index contributed by atoms with van der Waals surface area (Å²) in [5.74, 6) is -2.72. The van der Waals surface area contributed by atoms with Crippen molar-refractivity contribution in [2.45, 2.75) is 63.9 Å². The average molecular weight is 515 g/mol. The number of hydrogen-bond donors (Lipinski definition) is 2. The molecule has 2 unspecified atom stereocenters. The van der Waals surface area contributed by atoms with Crippen molar-refractivity contribution in [3.63, 3.8) is 0 Å². The zero-order valence-electron chi connectivity index (χ0n) is 21.1. The molecule has 2 aromatic rings. The van der Waals surface area contributed by atoms with E-state index >= 15 is 0 Å². The predicted molar refractivity (Wildman–Crippen MR) is 138 cm³/mol. The van der Waals surface area contributed by atoms with Crippen LogP contribution in [0.4, 0.5) is 0 Å². The van der Waals surface area contributed by atoms with Gasteiger partial charge in [-0.3, -0.25) is 14.2 Å². The van der Waals surface area contributed by atoms with Gasteiger partial charge in [0.2, 0.25) is 13.3 Å². The van der Waals surface area contributed by atoms with Crippen LogP contribution in [0.3, 0.4) is 0 Å². The molecule has 2 N–H and O–H groups in total. The van der Waals surface area contributed by atoms with Gasteiger partial charge in [0.1, 0.15) is 23.6 Å². The summed E-state index contributed by atoms with van der Waals surface area (Å²) in [4.78, 5) is 51.0. The molecule has 1 aliphatic heterocycles. The number of nitrogens with one attached hydrogen (secondary N) is 1. The van der Waals surface area contributed by atoms with Gasteiger partial charge in [-0.25, -0.2) is 4.79 Å². The minimum atomic E-state index is -4.20. The zero-order chi connectivity index (χ0) is 26.3. The fraction of sp³-hybridized carbons (Fsp3) is 0.444. The van der Waals surface area contributed by atoms with E-state index in [1.54, 1.807) is 51.1 Å². The second-order valence-corrected chi connectivity index (χ2v) is 12.5. The Balaban J connectivity index is 1.75. The molecule has 2 amide bonds. The largest absolute Gasteiger partial charge is 0.458 e. The lowest BCUT2D eigenvalue weighted by Gasteiger charge is -2.29. The van der Waals surface area contributed by atoms with Crippen molar-refractivity contribution < 1.29 is 28.6 Å². The number of likely N-dealkylation sites (tertiary alicyclic amines) is 1. The summed E-state index contributed by atoms with van der Waals surface area (Å²) in [6.45, 7) is 5.57. The normalized spacial score (nSPS) is 18.2. The molecule has 8 nitrogen and oxygen atoms in total. The number of nitrogens with zero attached hydrogens (tertiary/aromatic N) is 1. The summed E-state index contributed by atoms with van der Waals surface area (Å²) < 4.78 is 19.0. The topological polar surface area (TPSA) is 113 Å². The average Bonchev–Trinajstić information content (AvgIpc) is 3.32. The van der Waals surface area contributed by atoms with Crippen molar-refractivity contribution in [3.8, 4) is 0 Å². The van der Waals surface area contributed by atoms with Gasteiger partial charge in [0.25, 0.3) is 5.91 Å². The highest BCUT2D eigenvalue weighted by Gasteiger charge is 2.41. The number of hydrogen-bond acceptors (Lipinski definition) is 5. The summed E-state index contributed by atoms with van der Waals surface area (Å²) in [5.41, 5.74) is 0.607. The van der Waals surface area contributed by atoms with E-state index < -0.39 is 48.7 Å². The van der Waals surface area contributed by atoms with Crippen LogP contribution in [0.25, 0.3) is 0 Å². The molecule has 2 aromatic carbocycles. The van der Waals surface area contributed by atoms with Crippen molar-refractivity contribution in [3.05, 3.63) is 71.8 Å². The van der Waals surface area contributed by atoms with E-state index in [2.05, 4.69) is 5.32 Å². The molecule has 0 radical (unpaired) electrons. The Morgan fingerprint density at radius 1 is 1.08 bits per heavy atom. The summed E-state index contributed by atoms with van der Waals surface area (Å²) in [5, 5.41) is 2.69. The van der Waals surface area contributed by atoms with Gasteiger partial charge in [0.15, 0.2) is 0 Å². The quantitative estimate of drug-likeness (QED) is 0.387. The van der Waals surface area contributed by atoms with Crippen molar-refractivity contribution in [2.24, 2.45) is 0 Å². The molecule has 3 rings (SSSR count). The van der Waals surface area contributed by atoms with Crippen LogP contribution < -0.4 is 5.32 Å². The van der Waals surface area contributed by atoms with Gasteiger partial charge in [-0.15, -0.1) is 0 Å². The molecule has 3 atom stereocenters. The van der Waals surface area contributed by atoms with E-state index in [9.17, 15) is 23.8 Å². The second kappa shape index (κ2) is 11.8. The van der Waals surface area contributed by atoms with Gasteiger partial charge >= 0.3 is 5.97 Å². The highest BCUT2D eigenvalue weighted by Crippen LogP contribution is 2.47. The predicted octanol–water partition coefficient (Wildman–Crippen LogP) is 3.98. The number of carbonyl (C=O) groups excluding carboxylic acids is 3. The van der Waals surface area contributed by atoms with Gasteiger partial charge in [-0.2, -0.15) is 0 Å². The molecular formula is C27H35N2O6P. The number of benzene rings is 2. The van der Waals surface area contributed by atoms with Crippen LogP contribution in [0, 0.1) is 0 Å². The van der Waals surface area contributed by atoms with Crippen LogP contribution in [0.1, 0.15) is 56.0 Å². The third kappa shape index (κ3) is 7.77. The lowest BCUT2D eigenvalue weighted by molar-refractivity contribution is -0.162. The summed E-state index contributed by atoms with van der Waals surface area (Å²) >= 11 is 0. The standard InChI is InChI=1S/C27H35N2O6P/c1-27(2,3)35-26(32)22-15-10-18-29(22)24(30)19-36(33,34)23(17-16-20-11-6-4-7-12-20)28-25(31)21-13-8-5-9-14-21/h4-9,11-14,22-23H,10,15-19H2,1-3H3,(H,28,31)(H,33,34)/t22-,23?/m0/s1. The fourth-order valence-electron chi connectivity index (χ4n) is 4.22. The molecule has 1 heterocycles. The molecule has 1 aliphatic rings. The minimum Gasteiger partial charge on any atom is -0.458 e. The maximum Gasteiger partial charge on any atom is 0.329 e. The fourth-order valence-corrected chi connectivity index (χ4v) is 5.86. The first-order valence-corrected chi connectivity index (χ1v) is 14.1. The Morgan fingerprint density at radius 3 is 2.31 bits per heavy atom. The SMILES string of the molecule is CC(C)(C)OC(=O)[C@@H]1CCCN1C(=O)CP(=O)(O)C(CCc1ccccc1)NC(=O)c1ccccc1. The summed E-state index contributed by atoms with van der Waals surface area (Å²) in [6, 6.07) is 17.1. The number of ether oxygens (including phenoxy) is 1. The van der Waals surface area contributed by atoms with Crippen LogP contribution in [0.15, 0.2) is 60.7 Å². The molecule has 9 heteroatoms. The Hall–Kier alpha value is -2.96. The molecule has 1 fully saturated rings. The van der Waals surface area contributed by atoms with E-state index in [4.69, 9.17) is 4.74 Å². The van der Waals surface area contributed by atoms with Crippen LogP contribution in [-0.2, 0) is 25.3 Å². The van der Waals surface area contributed by atoms with Gasteiger partial charge < -0.3 is 19.8 Å². The van der Waals surface area contributed by atoms with Crippen LogP contribution in [-0.4, -0.2) is 57.7 Å². The Kier molecular flexibility index (Phi) is 9.09. The highest BCUT2D eigenvalue weighted by atomic mass is 31.2. The molecule has 0 spiro atoms. The maximum absolute atomic E-state index is 13.6. The number of amides is 2. The van der Waals surface area contributed by atoms with E-state index in [1.807, 2.05) is 30.3 Å². The molecule has 36 heavy (non-hydrogen) atoms. The third-order valence-corrected chi connectivity index (χ3v) is 8.07. The van der Waals surface area contributed by atoms with Crippen molar-refractivity contribution >= 4 is 25.2 Å². The first kappa shape index (κ1) is 27.6.